The normalized spacial score (nSPS) is 19.7. The highest BCUT2D eigenvalue weighted by molar-refractivity contribution is 7.89. The van der Waals surface area contributed by atoms with Crippen LogP contribution < -0.4 is 5.32 Å². The summed E-state index contributed by atoms with van der Waals surface area (Å²) in [4.78, 5) is 29.8. The summed E-state index contributed by atoms with van der Waals surface area (Å²) < 4.78 is 32.1. The number of nitrogens with zero attached hydrogens (tertiary/aromatic N) is 2. The summed E-state index contributed by atoms with van der Waals surface area (Å²) in [5.41, 5.74) is 0.539. The van der Waals surface area contributed by atoms with Crippen molar-refractivity contribution in [2.24, 2.45) is 5.41 Å². The van der Waals surface area contributed by atoms with Gasteiger partial charge in [-0.2, -0.15) is 4.31 Å². The molecule has 4 rings (SSSR count). The van der Waals surface area contributed by atoms with Crippen molar-refractivity contribution in [2.75, 3.05) is 18.4 Å². The third-order valence-electron chi connectivity index (χ3n) is 5.17. The van der Waals surface area contributed by atoms with Gasteiger partial charge in [-0.15, -0.1) is 0 Å². The molecule has 10 heteroatoms. The standard InChI is InChI=1S/C19H23N3O5S2/c1-19(2)10-12-16(13(23)11-19)28-18(20-12)21-17(24)14-6-7-15(27-14)29(25,26)22-8-4-3-5-9-22/h6-7H,3-5,8-11H2,1-2H3,(H,20,21,24). The van der Waals surface area contributed by atoms with Gasteiger partial charge in [0, 0.05) is 19.5 Å². The second kappa shape index (κ2) is 7.33. The van der Waals surface area contributed by atoms with Crippen molar-refractivity contribution in [1.82, 2.24) is 9.29 Å². The summed E-state index contributed by atoms with van der Waals surface area (Å²) in [6, 6.07) is 2.64. The molecule has 0 atom stereocenters. The molecule has 1 aliphatic heterocycles. The average Bonchev–Trinajstić information content (AvgIpc) is 3.29. The molecule has 1 N–H and O–H groups in total. The number of anilines is 1. The molecular formula is C19H23N3O5S2. The monoisotopic (exact) mass is 437 g/mol. The van der Waals surface area contributed by atoms with E-state index in [2.05, 4.69) is 10.3 Å². The Labute approximate surface area is 173 Å². The Balaban J connectivity index is 1.50. The van der Waals surface area contributed by atoms with E-state index in [0.717, 1.165) is 30.6 Å². The fourth-order valence-corrected chi connectivity index (χ4v) is 6.09. The van der Waals surface area contributed by atoms with Crippen molar-refractivity contribution >= 4 is 38.2 Å². The molecule has 8 nitrogen and oxygen atoms in total. The fraction of sp³-hybridized carbons (Fsp3) is 0.526. The van der Waals surface area contributed by atoms with Gasteiger partial charge in [0.2, 0.25) is 5.09 Å². The van der Waals surface area contributed by atoms with Gasteiger partial charge in [-0.1, -0.05) is 31.6 Å². The van der Waals surface area contributed by atoms with Crippen molar-refractivity contribution < 1.29 is 22.4 Å². The van der Waals surface area contributed by atoms with E-state index in [0.29, 0.717) is 41.6 Å². The van der Waals surface area contributed by atoms with E-state index in [1.807, 2.05) is 13.8 Å². The maximum atomic E-state index is 12.7. The number of aromatic nitrogens is 1. The largest absolute Gasteiger partial charge is 0.438 e. The number of piperidine rings is 1. The van der Waals surface area contributed by atoms with Crippen LogP contribution in [0.4, 0.5) is 5.13 Å². The van der Waals surface area contributed by atoms with Gasteiger partial charge in [0.05, 0.1) is 10.6 Å². The smallest absolute Gasteiger partial charge is 0.293 e. The first-order valence-corrected chi connectivity index (χ1v) is 11.9. The Morgan fingerprint density at radius 1 is 1.21 bits per heavy atom. The summed E-state index contributed by atoms with van der Waals surface area (Å²) in [6.07, 6.45) is 3.76. The molecule has 156 valence electrons. The summed E-state index contributed by atoms with van der Waals surface area (Å²) in [5, 5.41) is 2.69. The minimum atomic E-state index is -3.74. The van der Waals surface area contributed by atoms with Gasteiger partial charge in [0.15, 0.2) is 16.7 Å². The van der Waals surface area contributed by atoms with E-state index in [9.17, 15) is 18.0 Å². The van der Waals surface area contributed by atoms with E-state index in [4.69, 9.17) is 4.42 Å². The lowest BCUT2D eigenvalue weighted by atomic mass is 9.78. The summed E-state index contributed by atoms with van der Waals surface area (Å²) >= 11 is 1.14. The van der Waals surface area contributed by atoms with Crippen LogP contribution in [0.25, 0.3) is 0 Å². The summed E-state index contributed by atoms with van der Waals surface area (Å²) in [7, 11) is -3.74. The minimum Gasteiger partial charge on any atom is -0.438 e. The van der Waals surface area contributed by atoms with Crippen LogP contribution in [0.5, 0.6) is 0 Å². The number of ketones is 1. The van der Waals surface area contributed by atoms with Crippen LogP contribution >= 0.6 is 11.3 Å². The first-order chi connectivity index (χ1) is 13.7. The van der Waals surface area contributed by atoms with Gasteiger partial charge < -0.3 is 4.42 Å². The number of hydrogen-bond donors (Lipinski definition) is 1. The molecule has 0 spiro atoms. The molecule has 29 heavy (non-hydrogen) atoms. The molecular weight excluding hydrogens is 414 g/mol. The number of hydrogen-bond acceptors (Lipinski definition) is 7. The molecule has 2 aromatic heterocycles. The highest BCUT2D eigenvalue weighted by Gasteiger charge is 2.34. The van der Waals surface area contributed by atoms with Gasteiger partial charge in [0.25, 0.3) is 15.9 Å². The van der Waals surface area contributed by atoms with Crippen molar-refractivity contribution in [3.63, 3.8) is 0 Å². The van der Waals surface area contributed by atoms with Gasteiger partial charge in [0.1, 0.15) is 0 Å². The highest BCUT2D eigenvalue weighted by Crippen LogP contribution is 2.38. The fourth-order valence-electron chi connectivity index (χ4n) is 3.75. The van der Waals surface area contributed by atoms with E-state index in [1.165, 1.54) is 16.4 Å². The number of rotatable bonds is 4. The van der Waals surface area contributed by atoms with Crippen LogP contribution in [-0.4, -0.2) is 42.5 Å². The predicted octanol–water partition coefficient (Wildman–Crippen LogP) is 3.32. The molecule has 1 amide bonds. The van der Waals surface area contributed by atoms with E-state index < -0.39 is 15.9 Å². The average molecular weight is 438 g/mol. The number of nitrogens with one attached hydrogen (secondary N) is 1. The van der Waals surface area contributed by atoms with Crippen LogP contribution in [0.15, 0.2) is 21.6 Å². The molecule has 1 fully saturated rings. The zero-order chi connectivity index (χ0) is 20.8. The van der Waals surface area contributed by atoms with E-state index in [1.54, 1.807) is 0 Å². The quantitative estimate of drug-likeness (QED) is 0.786. The van der Waals surface area contributed by atoms with Gasteiger partial charge in [-0.05, 0) is 36.8 Å². The number of fused-ring (bicyclic) bond motifs is 1. The Morgan fingerprint density at radius 3 is 2.66 bits per heavy atom. The van der Waals surface area contributed by atoms with Crippen LogP contribution in [0.1, 0.15) is 65.5 Å². The molecule has 0 unspecified atom stereocenters. The van der Waals surface area contributed by atoms with Crippen molar-refractivity contribution in [3.8, 4) is 0 Å². The Bertz CT molecular complexity index is 1060. The lowest BCUT2D eigenvalue weighted by molar-refractivity contribution is 0.0915. The van der Waals surface area contributed by atoms with E-state index in [-0.39, 0.29) is 22.1 Å². The Morgan fingerprint density at radius 2 is 1.93 bits per heavy atom. The lowest BCUT2D eigenvalue weighted by Crippen LogP contribution is -2.35. The van der Waals surface area contributed by atoms with Crippen LogP contribution in [0.2, 0.25) is 0 Å². The van der Waals surface area contributed by atoms with Crippen LogP contribution in [-0.2, 0) is 16.4 Å². The SMILES string of the molecule is CC1(C)CC(=O)c2sc(NC(=O)c3ccc(S(=O)(=O)N4CCCCC4)o3)nc2C1. The van der Waals surface area contributed by atoms with Crippen molar-refractivity contribution in [1.29, 1.82) is 0 Å². The number of furan rings is 1. The maximum absolute atomic E-state index is 12.7. The second-order valence-electron chi connectivity index (χ2n) is 8.27. The predicted molar refractivity (Wildman–Crippen MR) is 108 cm³/mol. The molecule has 0 saturated carbocycles. The van der Waals surface area contributed by atoms with E-state index >= 15 is 0 Å². The first-order valence-electron chi connectivity index (χ1n) is 9.60. The minimum absolute atomic E-state index is 0.0298. The molecule has 1 aliphatic carbocycles. The molecule has 0 radical (unpaired) electrons. The molecule has 2 aromatic rings. The summed E-state index contributed by atoms with van der Waals surface area (Å²) in [6.45, 7) is 4.94. The van der Waals surface area contributed by atoms with Crippen molar-refractivity contribution in [3.05, 3.63) is 28.5 Å². The molecule has 0 aromatic carbocycles. The Hall–Kier alpha value is -2.04. The number of amides is 1. The molecule has 1 saturated heterocycles. The highest BCUT2D eigenvalue weighted by atomic mass is 32.2. The number of carbonyl (C=O) groups excluding carboxylic acids is 2. The zero-order valence-corrected chi connectivity index (χ0v) is 18.0. The number of sulfonamides is 1. The zero-order valence-electron chi connectivity index (χ0n) is 16.4. The number of thiazole rings is 1. The molecule has 3 heterocycles. The van der Waals surface area contributed by atoms with Crippen LogP contribution in [0.3, 0.4) is 0 Å². The topological polar surface area (TPSA) is 110 Å². The summed E-state index contributed by atoms with van der Waals surface area (Å²) in [5.74, 6) is -0.675. The first kappa shape index (κ1) is 20.2. The molecule has 2 aliphatic rings. The Kier molecular flexibility index (Phi) is 5.12. The van der Waals surface area contributed by atoms with Crippen molar-refractivity contribution in [2.45, 2.75) is 51.0 Å². The maximum Gasteiger partial charge on any atom is 0.293 e. The molecule has 0 bridgehead atoms. The van der Waals surface area contributed by atoms with Gasteiger partial charge >= 0.3 is 0 Å². The second-order valence-corrected chi connectivity index (χ2v) is 11.1. The number of carbonyl (C=O) groups is 2. The van der Waals surface area contributed by atoms with Crippen LogP contribution in [0, 0.1) is 5.41 Å². The third kappa shape index (κ3) is 4.01. The van der Waals surface area contributed by atoms with Gasteiger partial charge in [-0.3, -0.25) is 14.9 Å². The lowest BCUT2D eigenvalue weighted by Gasteiger charge is -2.26. The third-order valence-corrected chi connectivity index (χ3v) is 8.00. The van der Waals surface area contributed by atoms with Gasteiger partial charge in [-0.25, -0.2) is 13.4 Å². The number of Topliss-reactive ketones (excluding diaryl/α,β-unsaturated/α-hetero) is 1.